The lowest BCUT2D eigenvalue weighted by atomic mass is 9.90. The highest BCUT2D eigenvalue weighted by atomic mass is 79.9. The highest BCUT2D eigenvalue weighted by molar-refractivity contribution is 9.10. The van der Waals surface area contributed by atoms with Gasteiger partial charge >= 0.3 is 6.03 Å². The van der Waals surface area contributed by atoms with Crippen LogP contribution in [0.4, 0.5) is 4.79 Å². The summed E-state index contributed by atoms with van der Waals surface area (Å²) in [6, 6.07) is 22.7. The predicted molar refractivity (Wildman–Crippen MR) is 178 cm³/mol. The third kappa shape index (κ3) is 5.95. The smallest absolute Gasteiger partial charge is 0.317 e. The number of aromatic nitrogens is 1. The van der Waals surface area contributed by atoms with Gasteiger partial charge in [-0.1, -0.05) is 63.9 Å². The first-order chi connectivity index (χ1) is 21.3. The molecule has 11 heteroatoms. The first kappa shape index (κ1) is 30.6. The van der Waals surface area contributed by atoms with Gasteiger partial charge in [-0.05, 0) is 48.9 Å². The van der Waals surface area contributed by atoms with Crippen molar-refractivity contribution in [2.45, 2.75) is 35.6 Å². The number of halogens is 2. The predicted octanol–water partition coefficient (Wildman–Crippen LogP) is 6.46. The Kier molecular flexibility index (Phi) is 8.94. The van der Waals surface area contributed by atoms with Crippen LogP contribution in [0.3, 0.4) is 0 Å². The number of thioether (sulfide) groups is 1. The van der Waals surface area contributed by atoms with Gasteiger partial charge in [0.2, 0.25) is 11.8 Å². The minimum atomic E-state index is -1.16. The molecule has 2 N–H and O–H groups in total. The monoisotopic (exact) mass is 693 g/mol. The molecule has 3 heterocycles. The van der Waals surface area contributed by atoms with E-state index in [1.807, 2.05) is 95.7 Å². The number of carbonyl (C=O) groups is 3. The van der Waals surface area contributed by atoms with Crippen molar-refractivity contribution >= 4 is 68.0 Å². The van der Waals surface area contributed by atoms with Crippen LogP contribution in [-0.4, -0.2) is 75.0 Å². The molecule has 0 bridgehead atoms. The van der Waals surface area contributed by atoms with Crippen molar-refractivity contribution in [3.63, 3.8) is 0 Å². The standard InChI is InChI=1S/C33H33BrClN5O3S/c1-2-36-32(43)39-16-14-38(15-17-39)31(42)33(44-25-6-4-3-5-7-25)19-29(41)40(21-22-8-10-23(34)11-9-22)30(33)27-20-37-28-18-24(35)12-13-26(27)28/h3-13,18,20,30,37H,2,14-17,19,21H2,1H3,(H,36,43)/t30-,33-/m0/s1. The van der Waals surface area contributed by atoms with E-state index in [-0.39, 0.29) is 24.3 Å². The van der Waals surface area contributed by atoms with Crippen molar-refractivity contribution in [1.82, 2.24) is 25.0 Å². The molecule has 6 rings (SSSR count). The minimum Gasteiger partial charge on any atom is -0.361 e. The number of aromatic amines is 1. The molecule has 0 spiro atoms. The summed E-state index contributed by atoms with van der Waals surface area (Å²) in [7, 11) is 0. The maximum absolute atomic E-state index is 15.0. The van der Waals surface area contributed by atoms with Gasteiger partial charge in [0.25, 0.3) is 0 Å². The molecule has 4 amide bonds. The molecule has 44 heavy (non-hydrogen) atoms. The Hall–Kier alpha value is -3.47. The van der Waals surface area contributed by atoms with E-state index in [1.54, 1.807) is 4.90 Å². The van der Waals surface area contributed by atoms with Crippen molar-refractivity contribution in [3.05, 3.63) is 99.6 Å². The Labute approximate surface area is 274 Å². The van der Waals surface area contributed by atoms with Crippen LogP contribution in [0.15, 0.2) is 88.4 Å². The number of nitrogens with zero attached hydrogens (tertiary/aromatic N) is 3. The van der Waals surface area contributed by atoms with Crippen molar-refractivity contribution in [2.24, 2.45) is 0 Å². The maximum atomic E-state index is 15.0. The summed E-state index contributed by atoms with van der Waals surface area (Å²) in [5.74, 6) is -0.180. The van der Waals surface area contributed by atoms with Gasteiger partial charge in [-0.3, -0.25) is 9.59 Å². The summed E-state index contributed by atoms with van der Waals surface area (Å²) < 4.78 is -0.203. The molecule has 2 aliphatic heterocycles. The summed E-state index contributed by atoms with van der Waals surface area (Å²) in [6.07, 6.45) is 1.96. The number of nitrogens with one attached hydrogen (secondary N) is 2. The van der Waals surface area contributed by atoms with Crippen molar-refractivity contribution in [3.8, 4) is 0 Å². The van der Waals surface area contributed by atoms with Gasteiger partial charge in [0.15, 0.2) is 0 Å². The second-order valence-corrected chi connectivity index (χ2v) is 13.8. The molecule has 3 aromatic carbocycles. The molecule has 4 aromatic rings. The van der Waals surface area contributed by atoms with Crippen LogP contribution in [0.2, 0.25) is 5.02 Å². The summed E-state index contributed by atoms with van der Waals surface area (Å²) in [6.45, 7) is 4.43. The van der Waals surface area contributed by atoms with Crippen molar-refractivity contribution in [2.75, 3.05) is 32.7 Å². The topological polar surface area (TPSA) is 88.8 Å². The molecule has 2 fully saturated rings. The Balaban J connectivity index is 1.45. The van der Waals surface area contributed by atoms with Crippen LogP contribution in [0, 0.1) is 0 Å². The number of likely N-dealkylation sites (tertiary alicyclic amines) is 1. The fraction of sp³-hybridized carbons (Fsp3) is 0.303. The summed E-state index contributed by atoms with van der Waals surface area (Å²) >= 11 is 11.3. The molecule has 2 atom stereocenters. The van der Waals surface area contributed by atoms with E-state index in [2.05, 4.69) is 26.2 Å². The zero-order chi connectivity index (χ0) is 30.8. The SMILES string of the molecule is CCNC(=O)N1CCN(C(=O)[C@]2(Sc3ccccc3)CC(=O)N(Cc3ccc(Br)cc3)[C@H]2c2c[nH]c3cc(Cl)ccc23)CC1. The lowest BCUT2D eigenvalue weighted by molar-refractivity contribution is -0.136. The van der Waals surface area contributed by atoms with Gasteiger partial charge in [-0.2, -0.15) is 0 Å². The number of piperazine rings is 1. The molecule has 2 saturated heterocycles. The number of H-pyrrole nitrogens is 1. The second-order valence-electron chi connectivity index (χ2n) is 11.1. The largest absolute Gasteiger partial charge is 0.361 e. The molecule has 0 saturated carbocycles. The number of fused-ring (bicyclic) bond motifs is 1. The fourth-order valence-corrected chi connectivity index (χ4v) is 8.15. The van der Waals surface area contributed by atoms with E-state index < -0.39 is 10.8 Å². The number of carbonyl (C=O) groups excluding carboxylic acids is 3. The first-order valence-electron chi connectivity index (χ1n) is 14.7. The third-order valence-electron chi connectivity index (χ3n) is 8.31. The van der Waals surface area contributed by atoms with Gasteiger partial charge in [-0.15, -0.1) is 11.8 Å². The van der Waals surface area contributed by atoms with E-state index in [0.717, 1.165) is 31.4 Å². The van der Waals surface area contributed by atoms with Gasteiger partial charge < -0.3 is 25.0 Å². The number of amides is 4. The van der Waals surface area contributed by atoms with Gasteiger partial charge in [0, 0.05) is 76.3 Å². The molecule has 1 aromatic heterocycles. The lowest BCUT2D eigenvalue weighted by Gasteiger charge is -2.42. The molecule has 0 aliphatic carbocycles. The number of hydrogen-bond donors (Lipinski definition) is 2. The molecular weight excluding hydrogens is 662 g/mol. The van der Waals surface area contributed by atoms with Crippen LogP contribution in [-0.2, 0) is 16.1 Å². The van der Waals surface area contributed by atoms with Gasteiger partial charge in [-0.25, -0.2) is 4.79 Å². The van der Waals surface area contributed by atoms with Gasteiger partial charge in [0.05, 0.1) is 12.5 Å². The normalized spacial score (nSPS) is 20.4. The number of benzene rings is 3. The Morgan fingerprint density at radius 3 is 2.43 bits per heavy atom. The van der Waals surface area contributed by atoms with E-state index >= 15 is 0 Å². The van der Waals surface area contributed by atoms with Crippen LogP contribution in [0.25, 0.3) is 10.9 Å². The maximum Gasteiger partial charge on any atom is 0.317 e. The Bertz CT molecular complexity index is 1680. The van der Waals surface area contributed by atoms with E-state index in [4.69, 9.17) is 11.6 Å². The van der Waals surface area contributed by atoms with Crippen molar-refractivity contribution in [1.29, 1.82) is 0 Å². The minimum absolute atomic E-state index is 0.0450. The highest BCUT2D eigenvalue weighted by Crippen LogP contribution is 2.55. The number of urea groups is 1. The van der Waals surface area contributed by atoms with Gasteiger partial charge in [0.1, 0.15) is 4.75 Å². The first-order valence-corrected chi connectivity index (χ1v) is 16.6. The van der Waals surface area contributed by atoms with E-state index in [9.17, 15) is 14.4 Å². The number of rotatable bonds is 7. The molecule has 228 valence electrons. The molecule has 2 aliphatic rings. The number of hydrogen-bond acceptors (Lipinski definition) is 4. The third-order valence-corrected chi connectivity index (χ3v) is 10.5. The van der Waals surface area contributed by atoms with Crippen LogP contribution in [0.5, 0.6) is 0 Å². The summed E-state index contributed by atoms with van der Waals surface area (Å²) in [5.41, 5.74) is 2.69. The lowest BCUT2D eigenvalue weighted by Crippen LogP contribution is -2.58. The Morgan fingerprint density at radius 2 is 1.73 bits per heavy atom. The zero-order valence-corrected chi connectivity index (χ0v) is 27.4. The van der Waals surface area contributed by atoms with Crippen molar-refractivity contribution < 1.29 is 14.4 Å². The Morgan fingerprint density at radius 1 is 1.02 bits per heavy atom. The van der Waals surface area contributed by atoms with Crippen LogP contribution in [0.1, 0.15) is 30.5 Å². The average Bonchev–Trinajstić information content (AvgIpc) is 3.55. The quantitative estimate of drug-likeness (QED) is 0.233. The average molecular weight is 695 g/mol. The summed E-state index contributed by atoms with van der Waals surface area (Å²) in [5, 5.41) is 4.37. The van der Waals surface area contributed by atoms with E-state index in [1.165, 1.54) is 11.8 Å². The van der Waals surface area contributed by atoms with Crippen LogP contribution >= 0.6 is 39.3 Å². The zero-order valence-electron chi connectivity index (χ0n) is 24.3. The molecular formula is C33H33BrClN5O3S. The molecule has 0 unspecified atom stereocenters. The van der Waals surface area contributed by atoms with Crippen LogP contribution < -0.4 is 5.32 Å². The molecule has 8 nitrogen and oxygen atoms in total. The summed E-state index contributed by atoms with van der Waals surface area (Å²) in [4.78, 5) is 51.4. The van der Waals surface area contributed by atoms with E-state index in [0.29, 0.717) is 44.3 Å². The second kappa shape index (κ2) is 12.9. The highest BCUT2D eigenvalue weighted by Gasteiger charge is 2.59. The fourth-order valence-electron chi connectivity index (χ4n) is 6.22. The molecule has 0 radical (unpaired) electrons.